The van der Waals surface area contributed by atoms with Gasteiger partial charge in [0.05, 0.1) is 5.69 Å². The minimum atomic E-state index is 0.863. The molecule has 0 radical (unpaired) electrons. The largest absolute Gasteiger partial charge is 0.385 e. The molecule has 0 amide bonds. The molecular weight excluding hydrogens is 208 g/mol. The van der Waals surface area contributed by atoms with E-state index in [-0.39, 0.29) is 0 Å². The van der Waals surface area contributed by atoms with Crippen molar-refractivity contribution < 1.29 is 0 Å². The van der Waals surface area contributed by atoms with E-state index in [0.717, 1.165) is 12.2 Å². The van der Waals surface area contributed by atoms with Crippen LogP contribution in [0.2, 0.25) is 0 Å². The van der Waals surface area contributed by atoms with Gasteiger partial charge in [-0.1, -0.05) is 24.6 Å². The van der Waals surface area contributed by atoms with Crippen LogP contribution in [0.3, 0.4) is 0 Å². The Morgan fingerprint density at radius 1 is 1.12 bits per heavy atom. The van der Waals surface area contributed by atoms with Gasteiger partial charge in [-0.15, -0.1) is 0 Å². The van der Waals surface area contributed by atoms with E-state index in [1.165, 1.54) is 27.9 Å². The molecular formula is C15H20N2. The number of hydrogen-bond acceptors (Lipinski definition) is 1. The van der Waals surface area contributed by atoms with Crippen molar-refractivity contribution in [2.24, 2.45) is 0 Å². The second-order valence-electron chi connectivity index (χ2n) is 4.70. The molecule has 2 heteroatoms. The molecule has 0 fully saturated rings. The molecule has 1 aromatic heterocycles. The average Bonchev–Trinajstić information content (AvgIpc) is 2.59. The van der Waals surface area contributed by atoms with Gasteiger partial charge in [-0.05, 0) is 49.9 Å². The molecule has 2 aromatic rings. The van der Waals surface area contributed by atoms with E-state index in [2.05, 4.69) is 56.7 Å². The van der Waals surface area contributed by atoms with Gasteiger partial charge in [0, 0.05) is 6.20 Å². The van der Waals surface area contributed by atoms with Crippen LogP contribution in [0.4, 0.5) is 5.82 Å². The third-order valence-corrected chi connectivity index (χ3v) is 3.27. The van der Waals surface area contributed by atoms with Gasteiger partial charge < -0.3 is 10.3 Å². The van der Waals surface area contributed by atoms with Crippen molar-refractivity contribution in [3.8, 4) is 5.69 Å². The van der Waals surface area contributed by atoms with Gasteiger partial charge in [0.1, 0.15) is 5.82 Å². The number of nitrogen functional groups attached to an aromatic ring is 1. The summed E-state index contributed by atoms with van der Waals surface area (Å²) >= 11 is 0. The van der Waals surface area contributed by atoms with Crippen LogP contribution in [0.25, 0.3) is 5.69 Å². The number of benzene rings is 1. The van der Waals surface area contributed by atoms with Crippen LogP contribution in [0.5, 0.6) is 0 Å². The summed E-state index contributed by atoms with van der Waals surface area (Å²) in [6.07, 6.45) is 3.04. The van der Waals surface area contributed by atoms with Crippen LogP contribution in [0.15, 0.2) is 24.4 Å². The Morgan fingerprint density at radius 3 is 2.18 bits per heavy atom. The van der Waals surface area contributed by atoms with Gasteiger partial charge in [-0.3, -0.25) is 0 Å². The standard InChI is InChI=1S/C15H20N2/c1-5-13-6-7-17(15(13)16)14-11(3)8-10(2)9-12(14)4/h6-9H,5,16H2,1-4H3. The minimum absolute atomic E-state index is 0.863. The Morgan fingerprint density at radius 2 is 1.71 bits per heavy atom. The lowest BCUT2D eigenvalue weighted by Crippen LogP contribution is -2.04. The van der Waals surface area contributed by atoms with E-state index in [4.69, 9.17) is 5.73 Å². The predicted molar refractivity (Wildman–Crippen MR) is 73.8 cm³/mol. The van der Waals surface area contributed by atoms with Gasteiger partial charge in [0.25, 0.3) is 0 Å². The second-order valence-corrected chi connectivity index (χ2v) is 4.70. The van der Waals surface area contributed by atoms with Crippen molar-refractivity contribution in [1.82, 2.24) is 4.57 Å². The first-order valence-corrected chi connectivity index (χ1v) is 6.08. The van der Waals surface area contributed by atoms with Crippen LogP contribution in [-0.4, -0.2) is 4.57 Å². The second kappa shape index (κ2) is 4.28. The number of aromatic nitrogens is 1. The van der Waals surface area contributed by atoms with Crippen LogP contribution in [0.1, 0.15) is 29.2 Å². The lowest BCUT2D eigenvalue weighted by Gasteiger charge is -2.14. The van der Waals surface area contributed by atoms with E-state index >= 15 is 0 Å². The van der Waals surface area contributed by atoms with E-state index in [9.17, 15) is 0 Å². The maximum Gasteiger partial charge on any atom is 0.111 e. The first kappa shape index (κ1) is 11.8. The quantitative estimate of drug-likeness (QED) is 0.837. The molecule has 0 atom stereocenters. The molecule has 17 heavy (non-hydrogen) atoms. The van der Waals surface area contributed by atoms with Crippen molar-refractivity contribution in [2.45, 2.75) is 34.1 Å². The zero-order valence-electron chi connectivity index (χ0n) is 11.0. The third kappa shape index (κ3) is 1.95. The van der Waals surface area contributed by atoms with E-state index in [1.807, 2.05) is 0 Å². The summed E-state index contributed by atoms with van der Waals surface area (Å²) in [6, 6.07) is 6.51. The number of aryl methyl sites for hydroxylation is 4. The van der Waals surface area contributed by atoms with Gasteiger partial charge in [0.2, 0.25) is 0 Å². The van der Waals surface area contributed by atoms with Crippen molar-refractivity contribution >= 4 is 5.82 Å². The van der Waals surface area contributed by atoms with Crippen molar-refractivity contribution in [3.05, 3.63) is 46.6 Å². The maximum absolute atomic E-state index is 6.18. The van der Waals surface area contributed by atoms with Crippen LogP contribution < -0.4 is 5.73 Å². The first-order valence-electron chi connectivity index (χ1n) is 6.08. The summed E-state index contributed by atoms with van der Waals surface area (Å²) in [5, 5.41) is 0. The molecule has 0 aliphatic rings. The summed E-state index contributed by atoms with van der Waals surface area (Å²) in [7, 11) is 0. The normalized spacial score (nSPS) is 10.8. The third-order valence-electron chi connectivity index (χ3n) is 3.27. The van der Waals surface area contributed by atoms with E-state index < -0.39 is 0 Å². The fourth-order valence-electron chi connectivity index (χ4n) is 2.53. The zero-order chi connectivity index (χ0) is 12.6. The summed E-state index contributed by atoms with van der Waals surface area (Å²) in [5.41, 5.74) is 12.5. The Labute approximate surface area is 103 Å². The number of rotatable bonds is 2. The monoisotopic (exact) mass is 228 g/mol. The highest BCUT2D eigenvalue weighted by Gasteiger charge is 2.10. The lowest BCUT2D eigenvalue weighted by atomic mass is 10.0. The highest BCUT2D eigenvalue weighted by atomic mass is 15.0. The Balaban J connectivity index is 2.64. The van der Waals surface area contributed by atoms with Crippen LogP contribution in [0, 0.1) is 20.8 Å². The molecule has 90 valence electrons. The Hall–Kier alpha value is -1.70. The molecule has 2 nitrogen and oxygen atoms in total. The van der Waals surface area contributed by atoms with Gasteiger partial charge in [-0.2, -0.15) is 0 Å². The first-order chi connectivity index (χ1) is 8.04. The Kier molecular flexibility index (Phi) is 2.97. The fraction of sp³-hybridized carbons (Fsp3) is 0.333. The molecule has 0 spiro atoms. The molecule has 2 rings (SSSR count). The molecule has 0 aliphatic carbocycles. The molecule has 1 aromatic carbocycles. The SMILES string of the molecule is CCc1ccn(-c2c(C)cc(C)cc2C)c1N. The highest BCUT2D eigenvalue weighted by molar-refractivity contribution is 5.56. The molecule has 1 heterocycles. The van der Waals surface area contributed by atoms with Crippen molar-refractivity contribution in [2.75, 3.05) is 5.73 Å². The van der Waals surface area contributed by atoms with Gasteiger partial charge in [0.15, 0.2) is 0 Å². The zero-order valence-corrected chi connectivity index (χ0v) is 11.0. The molecule has 0 aliphatic heterocycles. The minimum Gasteiger partial charge on any atom is -0.385 e. The van der Waals surface area contributed by atoms with Crippen molar-refractivity contribution in [3.63, 3.8) is 0 Å². The predicted octanol–water partition coefficient (Wildman–Crippen LogP) is 3.55. The number of hydrogen-bond donors (Lipinski definition) is 1. The molecule has 0 saturated heterocycles. The number of anilines is 1. The topological polar surface area (TPSA) is 30.9 Å². The fourth-order valence-corrected chi connectivity index (χ4v) is 2.53. The molecule has 2 N–H and O–H groups in total. The van der Waals surface area contributed by atoms with Gasteiger partial charge in [-0.25, -0.2) is 0 Å². The molecule has 0 saturated carbocycles. The molecule has 0 unspecified atom stereocenters. The van der Waals surface area contributed by atoms with Crippen LogP contribution >= 0.6 is 0 Å². The van der Waals surface area contributed by atoms with E-state index in [1.54, 1.807) is 0 Å². The summed E-state index contributed by atoms with van der Waals surface area (Å²) in [6.45, 7) is 8.53. The summed E-state index contributed by atoms with van der Waals surface area (Å²) in [5.74, 6) is 0.863. The molecule has 0 bridgehead atoms. The number of nitrogens with two attached hydrogens (primary N) is 1. The van der Waals surface area contributed by atoms with Crippen molar-refractivity contribution in [1.29, 1.82) is 0 Å². The van der Waals surface area contributed by atoms with Crippen LogP contribution in [-0.2, 0) is 6.42 Å². The average molecular weight is 228 g/mol. The van der Waals surface area contributed by atoms with Gasteiger partial charge >= 0.3 is 0 Å². The highest BCUT2D eigenvalue weighted by Crippen LogP contribution is 2.26. The Bertz CT molecular complexity index is 527. The maximum atomic E-state index is 6.18. The summed E-state index contributed by atoms with van der Waals surface area (Å²) in [4.78, 5) is 0. The smallest absolute Gasteiger partial charge is 0.111 e. The van der Waals surface area contributed by atoms with E-state index in [0.29, 0.717) is 0 Å². The number of nitrogens with zero attached hydrogens (tertiary/aromatic N) is 1. The summed E-state index contributed by atoms with van der Waals surface area (Å²) < 4.78 is 2.10. The lowest BCUT2D eigenvalue weighted by molar-refractivity contribution is 1.03.